The zero-order chi connectivity index (χ0) is 14.9. The second-order valence-corrected chi connectivity index (χ2v) is 8.18. The second kappa shape index (κ2) is 5.94. The normalized spacial score (nSPS) is 17.0. The minimum absolute atomic E-state index is 0.306. The summed E-state index contributed by atoms with van der Waals surface area (Å²) in [7, 11) is -3.31. The van der Waals surface area contributed by atoms with E-state index in [0.717, 1.165) is 28.3 Å². The van der Waals surface area contributed by atoms with Crippen molar-refractivity contribution in [1.29, 1.82) is 0 Å². The van der Waals surface area contributed by atoms with Crippen LogP contribution in [-0.4, -0.2) is 26.8 Å². The summed E-state index contributed by atoms with van der Waals surface area (Å²) in [6, 6.07) is 11.6. The van der Waals surface area contributed by atoms with Crippen LogP contribution in [0.5, 0.6) is 0 Å². The molecule has 0 aliphatic carbocycles. The Labute approximate surface area is 133 Å². The number of halogens is 1. The first kappa shape index (κ1) is 14.8. The second-order valence-electron chi connectivity index (χ2n) is 5.30. The monoisotopic (exact) mass is 368 g/mol. The molecule has 2 N–H and O–H groups in total. The summed E-state index contributed by atoms with van der Waals surface area (Å²) in [5.41, 5.74) is 0.628. The molecule has 0 saturated carbocycles. The smallest absolute Gasteiger partial charge is 0.235 e. The average molecular weight is 369 g/mol. The number of nitrogens with one attached hydrogen (secondary N) is 2. The molecule has 1 aliphatic heterocycles. The van der Waals surface area contributed by atoms with Gasteiger partial charge in [0.2, 0.25) is 10.0 Å². The van der Waals surface area contributed by atoms with E-state index < -0.39 is 10.0 Å². The first-order chi connectivity index (χ1) is 10.0. The fourth-order valence-electron chi connectivity index (χ4n) is 2.63. The molecule has 0 amide bonds. The van der Waals surface area contributed by atoms with Crippen molar-refractivity contribution in [1.82, 2.24) is 5.32 Å². The quantitative estimate of drug-likeness (QED) is 0.874. The predicted octanol–water partition coefficient (Wildman–Crippen LogP) is 3.10. The van der Waals surface area contributed by atoms with Gasteiger partial charge >= 0.3 is 0 Å². The molecule has 0 spiro atoms. The molecule has 1 aliphatic rings. The third kappa shape index (κ3) is 3.39. The van der Waals surface area contributed by atoms with Crippen molar-refractivity contribution in [3.63, 3.8) is 0 Å². The minimum Gasteiger partial charge on any atom is -0.317 e. The third-order valence-corrected chi connectivity index (χ3v) is 6.15. The van der Waals surface area contributed by atoms with Gasteiger partial charge in [0.1, 0.15) is 0 Å². The average Bonchev–Trinajstić information content (AvgIpc) is 2.48. The van der Waals surface area contributed by atoms with Crippen LogP contribution < -0.4 is 10.0 Å². The van der Waals surface area contributed by atoms with E-state index >= 15 is 0 Å². The Morgan fingerprint density at radius 3 is 2.48 bits per heavy atom. The van der Waals surface area contributed by atoms with Crippen LogP contribution in [0.1, 0.15) is 12.8 Å². The van der Waals surface area contributed by atoms with Crippen molar-refractivity contribution in [3.8, 4) is 0 Å². The van der Waals surface area contributed by atoms with Gasteiger partial charge in [-0.3, -0.25) is 4.72 Å². The summed E-state index contributed by atoms with van der Waals surface area (Å²) in [6.07, 6.45) is 1.33. The number of fused-ring (bicyclic) bond motifs is 1. The van der Waals surface area contributed by atoms with E-state index in [1.54, 1.807) is 0 Å². The number of hydrogen-bond acceptors (Lipinski definition) is 3. The van der Waals surface area contributed by atoms with Gasteiger partial charge in [0.05, 0.1) is 5.25 Å². The molecule has 0 bridgehead atoms. The molecule has 0 aromatic heterocycles. The molecule has 2 aromatic rings. The van der Waals surface area contributed by atoms with Gasteiger partial charge in [-0.15, -0.1) is 0 Å². The van der Waals surface area contributed by atoms with Gasteiger partial charge in [0, 0.05) is 10.2 Å². The fourth-order valence-corrected chi connectivity index (χ4v) is 4.49. The maximum Gasteiger partial charge on any atom is 0.235 e. The lowest BCUT2D eigenvalue weighted by molar-refractivity contribution is 0.499. The van der Waals surface area contributed by atoms with Gasteiger partial charge in [0.25, 0.3) is 0 Å². The number of benzene rings is 2. The molecule has 21 heavy (non-hydrogen) atoms. The molecule has 1 saturated heterocycles. The maximum absolute atomic E-state index is 12.4. The highest BCUT2D eigenvalue weighted by molar-refractivity contribution is 9.10. The summed E-state index contributed by atoms with van der Waals surface area (Å²) in [6.45, 7) is 1.52. The first-order valence-corrected chi connectivity index (χ1v) is 9.30. The van der Waals surface area contributed by atoms with Crippen LogP contribution in [-0.2, 0) is 10.0 Å². The van der Waals surface area contributed by atoms with Crippen molar-refractivity contribution < 1.29 is 8.42 Å². The van der Waals surface area contributed by atoms with Gasteiger partial charge < -0.3 is 5.32 Å². The standard InChI is InChI=1S/C15H17BrN2O2S/c16-13-3-1-12-10-14(4-2-11(12)9-13)18-21(19,20)15-5-7-17-8-6-15/h1-4,9-10,15,17-18H,5-8H2. The Balaban J connectivity index is 1.85. The molecule has 0 unspecified atom stereocenters. The van der Waals surface area contributed by atoms with E-state index in [-0.39, 0.29) is 5.25 Å². The third-order valence-electron chi connectivity index (χ3n) is 3.79. The van der Waals surface area contributed by atoms with Crippen LogP contribution in [0, 0.1) is 0 Å². The lowest BCUT2D eigenvalue weighted by Crippen LogP contribution is -2.38. The van der Waals surface area contributed by atoms with Crippen LogP contribution in [0.15, 0.2) is 40.9 Å². The van der Waals surface area contributed by atoms with Gasteiger partial charge in [-0.1, -0.05) is 28.1 Å². The SMILES string of the molecule is O=S(=O)(Nc1ccc2cc(Br)ccc2c1)C1CCNCC1. The van der Waals surface area contributed by atoms with E-state index in [0.29, 0.717) is 18.5 Å². The van der Waals surface area contributed by atoms with E-state index in [2.05, 4.69) is 26.0 Å². The van der Waals surface area contributed by atoms with Gasteiger partial charge in [0.15, 0.2) is 0 Å². The van der Waals surface area contributed by atoms with Gasteiger partial charge in [-0.25, -0.2) is 8.42 Å². The number of rotatable bonds is 3. The highest BCUT2D eigenvalue weighted by atomic mass is 79.9. The molecule has 0 atom stereocenters. The predicted molar refractivity (Wildman–Crippen MR) is 90.1 cm³/mol. The number of piperidine rings is 1. The lowest BCUT2D eigenvalue weighted by Gasteiger charge is -2.23. The molecular weight excluding hydrogens is 352 g/mol. The van der Waals surface area contributed by atoms with Crippen LogP contribution in [0.25, 0.3) is 10.8 Å². The van der Waals surface area contributed by atoms with Crippen LogP contribution >= 0.6 is 15.9 Å². The lowest BCUT2D eigenvalue weighted by atomic mass is 10.1. The number of anilines is 1. The van der Waals surface area contributed by atoms with Crippen LogP contribution in [0.3, 0.4) is 0 Å². The van der Waals surface area contributed by atoms with E-state index in [1.165, 1.54) is 0 Å². The summed E-state index contributed by atoms with van der Waals surface area (Å²) < 4.78 is 28.5. The summed E-state index contributed by atoms with van der Waals surface area (Å²) >= 11 is 3.43. The molecular formula is C15H17BrN2O2S. The van der Waals surface area contributed by atoms with E-state index in [4.69, 9.17) is 0 Å². The zero-order valence-corrected chi connectivity index (χ0v) is 13.9. The summed E-state index contributed by atoms with van der Waals surface area (Å²) in [5.74, 6) is 0. The highest BCUT2D eigenvalue weighted by Crippen LogP contribution is 2.24. The van der Waals surface area contributed by atoms with Crippen molar-refractivity contribution in [3.05, 3.63) is 40.9 Å². The maximum atomic E-state index is 12.4. The topological polar surface area (TPSA) is 58.2 Å². The zero-order valence-electron chi connectivity index (χ0n) is 11.5. The van der Waals surface area contributed by atoms with Crippen molar-refractivity contribution in [2.24, 2.45) is 0 Å². The molecule has 2 aromatic carbocycles. The number of sulfonamides is 1. The van der Waals surface area contributed by atoms with Crippen molar-refractivity contribution in [2.45, 2.75) is 18.1 Å². The highest BCUT2D eigenvalue weighted by Gasteiger charge is 2.27. The Kier molecular flexibility index (Phi) is 4.19. The van der Waals surface area contributed by atoms with E-state index in [1.807, 2.05) is 36.4 Å². The first-order valence-electron chi connectivity index (χ1n) is 6.96. The van der Waals surface area contributed by atoms with E-state index in [9.17, 15) is 8.42 Å². The molecule has 3 rings (SSSR count). The fraction of sp³-hybridized carbons (Fsp3) is 0.333. The Morgan fingerprint density at radius 2 is 1.71 bits per heavy atom. The van der Waals surface area contributed by atoms with Gasteiger partial charge in [-0.2, -0.15) is 0 Å². The summed E-state index contributed by atoms with van der Waals surface area (Å²) in [5, 5.41) is 4.97. The molecule has 1 fully saturated rings. The molecule has 4 nitrogen and oxygen atoms in total. The van der Waals surface area contributed by atoms with Crippen LogP contribution in [0.2, 0.25) is 0 Å². The number of hydrogen-bond donors (Lipinski definition) is 2. The summed E-state index contributed by atoms with van der Waals surface area (Å²) in [4.78, 5) is 0. The molecule has 0 radical (unpaired) electrons. The molecule has 6 heteroatoms. The Bertz CT molecular complexity index is 755. The van der Waals surface area contributed by atoms with Crippen LogP contribution in [0.4, 0.5) is 5.69 Å². The van der Waals surface area contributed by atoms with Crippen molar-refractivity contribution in [2.75, 3.05) is 17.8 Å². The minimum atomic E-state index is -3.31. The Hall–Kier alpha value is -1.11. The van der Waals surface area contributed by atoms with Crippen molar-refractivity contribution >= 4 is 42.4 Å². The Morgan fingerprint density at radius 1 is 1.05 bits per heavy atom. The molecule has 112 valence electrons. The molecule has 1 heterocycles. The largest absolute Gasteiger partial charge is 0.317 e. The van der Waals surface area contributed by atoms with Gasteiger partial charge in [-0.05, 0) is 61.0 Å².